The lowest BCUT2D eigenvalue weighted by atomic mass is 10.5. The minimum absolute atomic E-state index is 0.531. The molecule has 1 amide bonds. The summed E-state index contributed by atoms with van der Waals surface area (Å²) < 4.78 is 9.97. The van der Waals surface area contributed by atoms with Crippen molar-refractivity contribution in [3.05, 3.63) is 22.6 Å². The molecule has 0 aromatic carbocycles. The van der Waals surface area contributed by atoms with Gasteiger partial charge in [-0.25, -0.2) is 10.2 Å². The van der Waals surface area contributed by atoms with Gasteiger partial charge in [0.25, 0.3) is 0 Å². The first kappa shape index (κ1) is 9.79. The first-order valence-electron chi connectivity index (χ1n) is 3.34. The molecule has 1 aromatic heterocycles. The standard InChI is InChI=1S/C7H7BrN2O3/c1-12-7(11)10-9-4-5-2-3-6(8)13-5/h2-4H,1H3,(H,10,11)/b9-4+. The van der Waals surface area contributed by atoms with Gasteiger partial charge in [-0.05, 0) is 28.1 Å². The second-order valence-corrected chi connectivity index (χ2v) is 2.79. The summed E-state index contributed by atoms with van der Waals surface area (Å²) in [5.74, 6) is 0.531. The molecule has 0 saturated carbocycles. The van der Waals surface area contributed by atoms with E-state index in [-0.39, 0.29) is 0 Å². The van der Waals surface area contributed by atoms with Crippen LogP contribution in [0.2, 0.25) is 0 Å². The lowest BCUT2D eigenvalue weighted by Gasteiger charge is -1.93. The number of nitrogens with one attached hydrogen (secondary N) is 1. The number of hydrogen-bond acceptors (Lipinski definition) is 4. The third-order valence-corrected chi connectivity index (χ3v) is 1.55. The van der Waals surface area contributed by atoms with Crippen LogP contribution in [0.4, 0.5) is 4.79 Å². The van der Waals surface area contributed by atoms with E-state index in [2.05, 4.69) is 31.2 Å². The zero-order chi connectivity index (χ0) is 9.68. The highest BCUT2D eigenvalue weighted by Gasteiger charge is 1.96. The van der Waals surface area contributed by atoms with Crippen molar-refractivity contribution in [3.63, 3.8) is 0 Å². The Labute approximate surface area is 82.9 Å². The highest BCUT2D eigenvalue weighted by Crippen LogP contribution is 2.11. The number of rotatable bonds is 2. The van der Waals surface area contributed by atoms with E-state index in [1.165, 1.54) is 13.3 Å². The summed E-state index contributed by atoms with van der Waals surface area (Å²) in [6, 6.07) is 3.42. The number of carbonyl (C=O) groups is 1. The van der Waals surface area contributed by atoms with Crippen LogP contribution in [0.5, 0.6) is 0 Å². The summed E-state index contributed by atoms with van der Waals surface area (Å²) in [5, 5.41) is 3.56. The van der Waals surface area contributed by atoms with Gasteiger partial charge in [0, 0.05) is 0 Å². The van der Waals surface area contributed by atoms with Gasteiger partial charge >= 0.3 is 6.09 Å². The molecule has 0 bridgehead atoms. The van der Waals surface area contributed by atoms with Crippen LogP contribution in [-0.2, 0) is 4.74 Å². The minimum atomic E-state index is -0.623. The van der Waals surface area contributed by atoms with E-state index in [0.717, 1.165) is 0 Å². The van der Waals surface area contributed by atoms with E-state index in [4.69, 9.17) is 4.42 Å². The monoisotopic (exact) mass is 246 g/mol. The van der Waals surface area contributed by atoms with Crippen molar-refractivity contribution in [2.75, 3.05) is 7.11 Å². The first-order chi connectivity index (χ1) is 6.22. The van der Waals surface area contributed by atoms with Crippen LogP contribution in [0.3, 0.4) is 0 Å². The predicted molar refractivity (Wildman–Crippen MR) is 49.5 cm³/mol. The molecule has 0 saturated heterocycles. The van der Waals surface area contributed by atoms with Crippen LogP contribution >= 0.6 is 15.9 Å². The van der Waals surface area contributed by atoms with Gasteiger partial charge in [0.2, 0.25) is 0 Å². The maximum absolute atomic E-state index is 10.5. The van der Waals surface area contributed by atoms with E-state index in [1.54, 1.807) is 12.1 Å². The van der Waals surface area contributed by atoms with Crippen LogP contribution in [-0.4, -0.2) is 19.4 Å². The number of amides is 1. The number of methoxy groups -OCH3 is 1. The van der Waals surface area contributed by atoms with Gasteiger partial charge in [-0.1, -0.05) is 0 Å². The van der Waals surface area contributed by atoms with Gasteiger partial charge in [-0.3, -0.25) is 0 Å². The quantitative estimate of drug-likeness (QED) is 0.639. The third kappa shape index (κ3) is 3.29. The Bertz CT molecular complexity index is 321. The molecule has 0 atom stereocenters. The van der Waals surface area contributed by atoms with Crippen molar-refractivity contribution in [1.29, 1.82) is 0 Å². The van der Waals surface area contributed by atoms with Gasteiger partial charge < -0.3 is 9.15 Å². The molecule has 0 radical (unpaired) electrons. The van der Waals surface area contributed by atoms with Crippen molar-refractivity contribution in [2.24, 2.45) is 5.10 Å². The van der Waals surface area contributed by atoms with E-state index in [1.807, 2.05) is 0 Å². The summed E-state index contributed by atoms with van der Waals surface area (Å²) in [5.41, 5.74) is 2.12. The Hall–Kier alpha value is -1.30. The van der Waals surface area contributed by atoms with Crippen LogP contribution in [0.1, 0.15) is 5.76 Å². The second-order valence-electron chi connectivity index (χ2n) is 2.00. The lowest BCUT2D eigenvalue weighted by Crippen LogP contribution is -2.16. The molecule has 0 aliphatic carbocycles. The number of ether oxygens (including phenoxy) is 1. The SMILES string of the molecule is COC(=O)N/N=C/c1ccc(Br)o1. The highest BCUT2D eigenvalue weighted by atomic mass is 79.9. The molecular formula is C7H7BrN2O3. The maximum Gasteiger partial charge on any atom is 0.427 e. The zero-order valence-electron chi connectivity index (χ0n) is 6.78. The second kappa shape index (κ2) is 4.66. The van der Waals surface area contributed by atoms with Crippen LogP contribution in [0.15, 0.2) is 26.3 Å². The molecular weight excluding hydrogens is 240 g/mol. The molecule has 0 unspecified atom stereocenters. The van der Waals surface area contributed by atoms with Crippen LogP contribution < -0.4 is 5.43 Å². The fourth-order valence-electron chi connectivity index (χ4n) is 0.592. The maximum atomic E-state index is 10.5. The van der Waals surface area contributed by atoms with Crippen molar-refractivity contribution < 1.29 is 13.9 Å². The molecule has 1 aromatic rings. The minimum Gasteiger partial charge on any atom is -0.452 e. The van der Waals surface area contributed by atoms with E-state index in [0.29, 0.717) is 10.4 Å². The fraction of sp³-hybridized carbons (Fsp3) is 0.143. The van der Waals surface area contributed by atoms with Crippen molar-refractivity contribution >= 4 is 28.2 Å². The number of carbonyl (C=O) groups excluding carboxylic acids is 1. The Kier molecular flexibility index (Phi) is 3.51. The number of furan rings is 1. The van der Waals surface area contributed by atoms with Gasteiger partial charge in [-0.2, -0.15) is 5.10 Å². The van der Waals surface area contributed by atoms with Crippen molar-refractivity contribution in [1.82, 2.24) is 5.43 Å². The summed E-state index contributed by atoms with van der Waals surface area (Å²) in [6.07, 6.45) is 0.740. The summed E-state index contributed by atoms with van der Waals surface area (Å²) in [4.78, 5) is 10.5. The molecule has 1 heterocycles. The van der Waals surface area contributed by atoms with Crippen molar-refractivity contribution in [2.45, 2.75) is 0 Å². The first-order valence-corrected chi connectivity index (χ1v) is 4.14. The predicted octanol–water partition coefficient (Wildman–Crippen LogP) is 1.73. The smallest absolute Gasteiger partial charge is 0.427 e. The fourth-order valence-corrected chi connectivity index (χ4v) is 0.911. The van der Waals surface area contributed by atoms with Gasteiger partial charge in [-0.15, -0.1) is 0 Å². The number of halogens is 1. The Morgan fingerprint density at radius 3 is 3.08 bits per heavy atom. The Morgan fingerprint density at radius 1 is 1.77 bits per heavy atom. The van der Waals surface area contributed by atoms with Gasteiger partial charge in [0.05, 0.1) is 13.3 Å². The molecule has 70 valence electrons. The molecule has 5 nitrogen and oxygen atoms in total. The zero-order valence-corrected chi connectivity index (χ0v) is 8.37. The average molecular weight is 247 g/mol. The number of nitrogens with zero attached hydrogens (tertiary/aromatic N) is 1. The Balaban J connectivity index is 2.45. The summed E-state index contributed by atoms with van der Waals surface area (Å²) >= 11 is 3.13. The number of hydrogen-bond donors (Lipinski definition) is 1. The molecule has 13 heavy (non-hydrogen) atoms. The topological polar surface area (TPSA) is 63.8 Å². The van der Waals surface area contributed by atoms with E-state index >= 15 is 0 Å². The van der Waals surface area contributed by atoms with E-state index < -0.39 is 6.09 Å². The van der Waals surface area contributed by atoms with Gasteiger partial charge in [0.15, 0.2) is 4.67 Å². The summed E-state index contributed by atoms with van der Waals surface area (Å²) in [7, 11) is 1.26. The molecule has 1 rings (SSSR count). The number of hydrazone groups is 1. The molecule has 1 N–H and O–H groups in total. The van der Waals surface area contributed by atoms with E-state index in [9.17, 15) is 4.79 Å². The molecule has 0 aliphatic rings. The molecule has 0 fully saturated rings. The van der Waals surface area contributed by atoms with Gasteiger partial charge in [0.1, 0.15) is 5.76 Å². The van der Waals surface area contributed by atoms with Crippen LogP contribution in [0.25, 0.3) is 0 Å². The third-order valence-electron chi connectivity index (χ3n) is 1.13. The average Bonchev–Trinajstić information content (AvgIpc) is 2.51. The largest absolute Gasteiger partial charge is 0.452 e. The molecule has 0 aliphatic heterocycles. The summed E-state index contributed by atoms with van der Waals surface area (Å²) in [6.45, 7) is 0. The molecule has 0 spiro atoms. The Morgan fingerprint density at radius 2 is 2.54 bits per heavy atom. The van der Waals surface area contributed by atoms with Crippen LogP contribution in [0, 0.1) is 0 Å². The van der Waals surface area contributed by atoms with Crippen molar-refractivity contribution in [3.8, 4) is 0 Å². The highest BCUT2D eigenvalue weighted by molar-refractivity contribution is 9.10. The normalized spacial score (nSPS) is 10.3. The lowest BCUT2D eigenvalue weighted by molar-refractivity contribution is 0.171. The molecule has 6 heteroatoms.